The van der Waals surface area contributed by atoms with E-state index < -0.39 is 10.0 Å². The summed E-state index contributed by atoms with van der Waals surface area (Å²) in [5.41, 5.74) is 5.31. The number of pyridine rings is 1. The maximum absolute atomic E-state index is 14.0. The van der Waals surface area contributed by atoms with Crippen LogP contribution in [0.5, 0.6) is 0 Å². The van der Waals surface area contributed by atoms with E-state index in [1.807, 2.05) is 43.3 Å². The molecule has 0 radical (unpaired) electrons. The lowest BCUT2D eigenvalue weighted by Gasteiger charge is -2.31. The van der Waals surface area contributed by atoms with Gasteiger partial charge in [0.15, 0.2) is 0 Å². The Bertz CT molecular complexity index is 1320. The molecule has 0 atom stereocenters. The van der Waals surface area contributed by atoms with Gasteiger partial charge in [-0.25, -0.2) is 13.4 Å². The lowest BCUT2D eigenvalue weighted by Crippen LogP contribution is -2.36. The van der Waals surface area contributed by atoms with Crippen LogP contribution in [0.15, 0.2) is 59.5 Å². The highest BCUT2D eigenvalue weighted by atomic mass is 32.2. The fourth-order valence-corrected chi connectivity index (χ4v) is 5.90. The number of fused-ring (bicyclic) bond motifs is 2. The topological polar surface area (TPSA) is 65.5 Å². The zero-order valence-electron chi connectivity index (χ0n) is 20.3. The average molecular weight is 477 g/mol. The van der Waals surface area contributed by atoms with Crippen LogP contribution >= 0.6 is 0 Å². The largest absolute Gasteiger partial charge is 0.338 e. The highest BCUT2D eigenvalue weighted by Crippen LogP contribution is 2.39. The Hall–Kier alpha value is -2.90. The van der Waals surface area contributed by atoms with Crippen molar-refractivity contribution in [3.8, 4) is 0 Å². The van der Waals surface area contributed by atoms with Crippen molar-refractivity contribution >= 4 is 27.2 Å². The van der Waals surface area contributed by atoms with Gasteiger partial charge in [0.05, 0.1) is 22.8 Å². The van der Waals surface area contributed by atoms with Gasteiger partial charge in [-0.05, 0) is 73.3 Å². The first-order valence-electron chi connectivity index (χ1n) is 11.8. The van der Waals surface area contributed by atoms with E-state index in [1.54, 1.807) is 12.1 Å². The van der Waals surface area contributed by atoms with Gasteiger partial charge in [0.2, 0.25) is 0 Å². The number of aryl methyl sites for hydroxylation is 1. The second-order valence-corrected chi connectivity index (χ2v) is 12.2. The zero-order valence-corrected chi connectivity index (χ0v) is 21.1. The van der Waals surface area contributed by atoms with Crippen LogP contribution in [-0.4, -0.2) is 31.4 Å². The van der Waals surface area contributed by atoms with Crippen molar-refractivity contribution in [2.45, 2.75) is 57.5 Å². The van der Waals surface area contributed by atoms with Gasteiger partial charge >= 0.3 is 0 Å². The predicted molar refractivity (Wildman–Crippen MR) is 137 cm³/mol. The molecule has 1 N–H and O–H groups in total. The Labute approximate surface area is 202 Å². The van der Waals surface area contributed by atoms with Gasteiger partial charge in [0.1, 0.15) is 5.82 Å². The molecule has 0 aliphatic carbocycles. The summed E-state index contributed by atoms with van der Waals surface area (Å²) in [7, 11) is -3.80. The zero-order chi connectivity index (χ0) is 24.1. The van der Waals surface area contributed by atoms with Crippen molar-refractivity contribution in [1.29, 1.82) is 0 Å². The van der Waals surface area contributed by atoms with E-state index in [2.05, 4.69) is 42.0 Å². The molecule has 1 aromatic heterocycles. The number of rotatable bonds is 4. The Morgan fingerprint density at radius 2 is 1.74 bits per heavy atom. The molecule has 0 bridgehead atoms. The van der Waals surface area contributed by atoms with Gasteiger partial charge in [-0.1, -0.05) is 45.0 Å². The van der Waals surface area contributed by atoms with Crippen LogP contribution in [0, 0.1) is 6.92 Å². The average Bonchev–Trinajstić information content (AvgIpc) is 2.92. The van der Waals surface area contributed by atoms with Crippen LogP contribution in [0.4, 0.5) is 17.2 Å². The monoisotopic (exact) mass is 476 g/mol. The Balaban J connectivity index is 1.60. The predicted octanol–water partition coefficient (Wildman–Crippen LogP) is 5.35. The molecule has 7 heteroatoms. The van der Waals surface area contributed by atoms with Crippen LogP contribution in [-0.2, 0) is 28.5 Å². The van der Waals surface area contributed by atoms with Gasteiger partial charge in [0, 0.05) is 17.8 Å². The molecule has 3 heterocycles. The second kappa shape index (κ2) is 8.40. The number of sulfonamides is 1. The van der Waals surface area contributed by atoms with Crippen molar-refractivity contribution in [3.05, 3.63) is 77.0 Å². The Kier molecular flexibility index (Phi) is 5.65. The fourth-order valence-electron chi connectivity index (χ4n) is 4.44. The molecule has 5 rings (SSSR count). The van der Waals surface area contributed by atoms with E-state index in [4.69, 9.17) is 0 Å². The standard InChI is InChI=1S/C27H32N4O2S/c1-19-6-8-21-18-31(34(32,33)23-11-9-22(10-12-23)27(2,3)4)25-16-20(17-30-14-5-15-30)7-13-24(25)29-26(21)28-19/h6-13,16H,5,14-15,17-18H2,1-4H3,(H,28,29). The van der Waals surface area contributed by atoms with Crippen LogP contribution < -0.4 is 9.62 Å². The molecule has 178 valence electrons. The Morgan fingerprint density at radius 1 is 1.00 bits per heavy atom. The smallest absolute Gasteiger partial charge is 0.264 e. The minimum absolute atomic E-state index is 0.0460. The first-order valence-corrected chi connectivity index (χ1v) is 13.3. The number of benzene rings is 2. The van der Waals surface area contributed by atoms with Crippen molar-refractivity contribution in [2.24, 2.45) is 0 Å². The summed E-state index contributed by atoms with van der Waals surface area (Å²) in [6, 6.07) is 17.3. The summed E-state index contributed by atoms with van der Waals surface area (Å²) in [5.74, 6) is 0.706. The molecule has 1 fully saturated rings. The molecular weight excluding hydrogens is 444 g/mol. The van der Waals surface area contributed by atoms with Crippen LogP contribution in [0.25, 0.3) is 0 Å². The lowest BCUT2D eigenvalue weighted by molar-refractivity contribution is 0.172. The van der Waals surface area contributed by atoms with E-state index in [0.29, 0.717) is 16.4 Å². The quantitative estimate of drug-likeness (QED) is 0.550. The minimum Gasteiger partial charge on any atom is -0.338 e. The van der Waals surface area contributed by atoms with E-state index in [1.165, 1.54) is 10.7 Å². The number of nitrogens with one attached hydrogen (secondary N) is 1. The summed E-state index contributed by atoms with van der Waals surface area (Å²) in [5, 5.41) is 3.40. The summed E-state index contributed by atoms with van der Waals surface area (Å²) in [6.07, 6.45) is 1.22. The second-order valence-electron chi connectivity index (χ2n) is 10.4. The highest BCUT2D eigenvalue weighted by Gasteiger charge is 2.31. The molecule has 0 amide bonds. The molecule has 6 nitrogen and oxygen atoms in total. The summed E-state index contributed by atoms with van der Waals surface area (Å²) in [6.45, 7) is 11.5. The van der Waals surface area contributed by atoms with Crippen molar-refractivity contribution in [3.63, 3.8) is 0 Å². The number of aromatic nitrogens is 1. The molecule has 2 aliphatic heterocycles. The number of hydrogen-bond acceptors (Lipinski definition) is 5. The number of hydrogen-bond donors (Lipinski definition) is 1. The van der Waals surface area contributed by atoms with Crippen molar-refractivity contribution in [1.82, 2.24) is 9.88 Å². The molecule has 0 saturated carbocycles. The molecule has 0 unspecified atom stereocenters. The number of anilines is 3. The SMILES string of the molecule is Cc1ccc2c(n1)Nc1ccc(CN3CCC3)cc1N(S(=O)(=O)c1ccc(C(C)(C)C)cc1)C2. The van der Waals surface area contributed by atoms with Crippen LogP contribution in [0.1, 0.15) is 49.6 Å². The normalized spacial score (nSPS) is 16.2. The molecule has 2 aliphatic rings. The third-order valence-corrected chi connectivity index (χ3v) is 8.45. The molecular formula is C27H32N4O2S. The summed E-state index contributed by atoms with van der Waals surface area (Å²) < 4.78 is 29.5. The van der Waals surface area contributed by atoms with E-state index in [0.717, 1.165) is 47.7 Å². The van der Waals surface area contributed by atoms with E-state index >= 15 is 0 Å². The lowest BCUT2D eigenvalue weighted by atomic mass is 9.87. The van der Waals surface area contributed by atoms with Crippen LogP contribution in [0.3, 0.4) is 0 Å². The molecule has 0 spiro atoms. The van der Waals surface area contributed by atoms with Gasteiger partial charge in [-0.3, -0.25) is 9.21 Å². The molecule has 3 aromatic rings. The van der Waals surface area contributed by atoms with E-state index in [9.17, 15) is 8.42 Å². The molecule has 2 aromatic carbocycles. The number of likely N-dealkylation sites (tertiary alicyclic amines) is 1. The molecule has 34 heavy (non-hydrogen) atoms. The first-order chi connectivity index (χ1) is 16.1. The maximum atomic E-state index is 14.0. The first kappa shape index (κ1) is 22.9. The summed E-state index contributed by atoms with van der Waals surface area (Å²) in [4.78, 5) is 7.32. The fraction of sp³-hybridized carbons (Fsp3) is 0.370. The van der Waals surface area contributed by atoms with Gasteiger partial charge in [-0.2, -0.15) is 0 Å². The van der Waals surface area contributed by atoms with Gasteiger partial charge in [-0.15, -0.1) is 0 Å². The third-order valence-electron chi connectivity index (χ3n) is 6.68. The van der Waals surface area contributed by atoms with Crippen molar-refractivity contribution < 1.29 is 8.42 Å². The van der Waals surface area contributed by atoms with Gasteiger partial charge in [0.25, 0.3) is 10.0 Å². The van der Waals surface area contributed by atoms with Crippen molar-refractivity contribution in [2.75, 3.05) is 22.7 Å². The highest BCUT2D eigenvalue weighted by molar-refractivity contribution is 7.92. The Morgan fingerprint density at radius 3 is 2.38 bits per heavy atom. The number of nitrogens with zero attached hydrogens (tertiary/aromatic N) is 3. The summed E-state index contributed by atoms with van der Waals surface area (Å²) >= 11 is 0. The minimum atomic E-state index is -3.80. The maximum Gasteiger partial charge on any atom is 0.264 e. The van der Waals surface area contributed by atoms with Crippen LogP contribution in [0.2, 0.25) is 0 Å². The third kappa shape index (κ3) is 4.30. The van der Waals surface area contributed by atoms with E-state index in [-0.39, 0.29) is 12.0 Å². The molecule has 1 saturated heterocycles. The van der Waals surface area contributed by atoms with Gasteiger partial charge < -0.3 is 5.32 Å².